The number of hydrogen-bond acceptors (Lipinski definition) is 7. The molecule has 1 unspecified atom stereocenters. The fraction of sp³-hybridized carbons (Fsp3) is 0.600. The lowest BCUT2D eigenvalue weighted by Gasteiger charge is -2.45. The number of piperidine rings is 1. The maximum atomic E-state index is 14.4. The van der Waals surface area contributed by atoms with Crippen molar-refractivity contribution < 1.29 is 13.5 Å². The van der Waals surface area contributed by atoms with E-state index in [-0.39, 0.29) is 5.56 Å². The zero-order chi connectivity index (χ0) is 24.8. The van der Waals surface area contributed by atoms with Gasteiger partial charge in [0.15, 0.2) is 5.82 Å². The smallest absolute Gasteiger partial charge is 0.297 e. The Morgan fingerprint density at radius 2 is 2.09 bits per heavy atom. The number of fused-ring (bicyclic) bond motifs is 2. The van der Waals surface area contributed by atoms with E-state index >= 15 is 0 Å². The number of nitrogens with zero attached hydrogens (tertiary/aromatic N) is 4. The molecule has 5 heterocycles. The largest absolute Gasteiger partial charge is 0.363 e. The average molecular weight is 524 g/mol. The lowest BCUT2D eigenvalue weighted by Crippen LogP contribution is -2.50. The maximum Gasteiger partial charge on any atom is 0.297 e. The van der Waals surface area contributed by atoms with Crippen molar-refractivity contribution in [2.75, 3.05) is 37.8 Å². The van der Waals surface area contributed by atoms with Crippen molar-refractivity contribution in [3.63, 3.8) is 0 Å². The first-order valence-electron chi connectivity index (χ1n) is 12.2. The summed E-state index contributed by atoms with van der Waals surface area (Å²) in [5.74, 6) is -1.78. The Kier molecular flexibility index (Phi) is 6.91. The summed E-state index contributed by atoms with van der Waals surface area (Å²) in [4.78, 5) is 7.64. The molecular weight excluding hydrogens is 492 g/mol. The van der Waals surface area contributed by atoms with E-state index in [2.05, 4.69) is 42.0 Å². The number of hydrogen-bond donors (Lipinski definition) is 1. The summed E-state index contributed by atoms with van der Waals surface area (Å²) in [6.07, 6.45) is 3.19. The molecule has 190 valence electrons. The van der Waals surface area contributed by atoms with Gasteiger partial charge in [-0.05, 0) is 31.9 Å². The fourth-order valence-electron chi connectivity index (χ4n) is 5.22. The lowest BCUT2D eigenvalue weighted by atomic mass is 9.84. The number of anilines is 1. The van der Waals surface area contributed by atoms with E-state index in [1.807, 2.05) is 17.3 Å². The molecule has 0 aliphatic carbocycles. The normalized spacial score (nSPS) is 23.7. The summed E-state index contributed by atoms with van der Waals surface area (Å²) in [5.41, 5.74) is 1.64. The summed E-state index contributed by atoms with van der Waals surface area (Å²) in [6.45, 7) is 9.75. The topological polar surface area (TPSA) is 53.0 Å². The van der Waals surface area contributed by atoms with Crippen molar-refractivity contribution in [1.82, 2.24) is 15.2 Å². The minimum Gasteiger partial charge on any atom is -0.363 e. The Morgan fingerprint density at radius 3 is 2.83 bits per heavy atom. The number of alkyl halides is 2. The van der Waals surface area contributed by atoms with Crippen LogP contribution >= 0.6 is 22.9 Å². The van der Waals surface area contributed by atoms with Gasteiger partial charge in [-0.1, -0.05) is 31.5 Å². The fourth-order valence-corrected chi connectivity index (χ4v) is 6.69. The zero-order valence-electron chi connectivity index (χ0n) is 20.4. The first-order valence-corrected chi connectivity index (χ1v) is 13.4. The van der Waals surface area contributed by atoms with E-state index in [9.17, 15) is 8.78 Å². The first-order chi connectivity index (χ1) is 16.7. The second-order valence-electron chi connectivity index (χ2n) is 10.1. The molecule has 1 saturated heterocycles. The van der Waals surface area contributed by atoms with E-state index in [0.29, 0.717) is 34.0 Å². The second-order valence-corrected chi connectivity index (χ2v) is 11.8. The molecule has 6 nitrogen and oxygen atoms in total. The monoisotopic (exact) mass is 523 g/mol. The molecule has 0 saturated carbocycles. The van der Waals surface area contributed by atoms with Crippen molar-refractivity contribution in [3.05, 3.63) is 44.7 Å². The molecule has 0 amide bonds. The molecule has 1 spiro atoms. The summed E-state index contributed by atoms with van der Waals surface area (Å²) in [6, 6.07) is 5.87. The van der Waals surface area contributed by atoms with Gasteiger partial charge in [0.25, 0.3) is 5.92 Å². The molecule has 3 aliphatic rings. The van der Waals surface area contributed by atoms with Crippen molar-refractivity contribution in [2.45, 2.75) is 57.7 Å². The highest BCUT2D eigenvalue weighted by atomic mass is 35.5. The highest BCUT2D eigenvalue weighted by Crippen LogP contribution is 2.52. The van der Waals surface area contributed by atoms with Crippen LogP contribution in [0.25, 0.3) is 0 Å². The van der Waals surface area contributed by atoms with Crippen molar-refractivity contribution in [3.8, 4) is 0 Å². The summed E-state index contributed by atoms with van der Waals surface area (Å²) in [5, 5.41) is 10.3. The van der Waals surface area contributed by atoms with Crippen molar-refractivity contribution in [2.24, 2.45) is 11.0 Å². The summed E-state index contributed by atoms with van der Waals surface area (Å²) >= 11 is 7.38. The highest BCUT2D eigenvalue weighted by Gasteiger charge is 2.51. The Bertz CT molecular complexity index is 1100. The molecular formula is C25H32ClF2N5OS. The number of likely N-dealkylation sites (tertiary alicyclic amines) is 1. The number of nitrogens with one attached hydrogen (secondary N) is 1. The van der Waals surface area contributed by atoms with Crippen LogP contribution in [0.4, 0.5) is 14.6 Å². The molecule has 1 atom stereocenters. The van der Waals surface area contributed by atoms with Crippen LogP contribution in [0.2, 0.25) is 4.34 Å². The quantitative estimate of drug-likeness (QED) is 0.562. The third-order valence-electron chi connectivity index (χ3n) is 7.26. The van der Waals surface area contributed by atoms with Crippen molar-refractivity contribution in [1.29, 1.82) is 0 Å². The van der Waals surface area contributed by atoms with Crippen LogP contribution in [0.3, 0.4) is 0 Å². The van der Waals surface area contributed by atoms with E-state index in [1.165, 1.54) is 17.4 Å². The van der Waals surface area contributed by atoms with E-state index < -0.39 is 18.1 Å². The third kappa shape index (κ3) is 4.98. The number of aromatic nitrogens is 1. The number of ether oxygens (including phenoxy) is 1. The van der Waals surface area contributed by atoms with E-state index in [4.69, 9.17) is 21.4 Å². The van der Waals surface area contributed by atoms with Gasteiger partial charge in [0.05, 0.1) is 10.9 Å². The maximum absolute atomic E-state index is 14.4. The van der Waals surface area contributed by atoms with Gasteiger partial charge in [-0.15, -0.1) is 11.3 Å². The van der Waals surface area contributed by atoms with Gasteiger partial charge in [-0.25, -0.2) is 9.99 Å². The Balaban J connectivity index is 1.23. The zero-order valence-corrected chi connectivity index (χ0v) is 21.9. The van der Waals surface area contributed by atoms with Gasteiger partial charge in [0.1, 0.15) is 12.2 Å². The van der Waals surface area contributed by atoms with Crippen LogP contribution in [-0.4, -0.2) is 54.4 Å². The number of thiophene rings is 1. The third-order valence-corrected chi connectivity index (χ3v) is 8.71. The van der Waals surface area contributed by atoms with Crippen LogP contribution in [-0.2, 0) is 22.8 Å². The molecule has 0 bridgehead atoms. The highest BCUT2D eigenvalue weighted by molar-refractivity contribution is 7.16. The average Bonchev–Trinajstić information content (AvgIpc) is 3.41. The summed E-state index contributed by atoms with van der Waals surface area (Å²) in [7, 11) is 0. The summed E-state index contributed by atoms with van der Waals surface area (Å²) < 4.78 is 35.1. The van der Waals surface area contributed by atoms with Gasteiger partial charge < -0.3 is 15.0 Å². The molecule has 0 radical (unpaired) electrons. The number of pyridine rings is 1. The number of halogens is 3. The van der Waals surface area contributed by atoms with Crippen molar-refractivity contribution >= 4 is 34.5 Å². The standard InChI is InChI=1S/C25H32ClF2N5OS/c1-16(2)30-12-18-5-4-8-29-23(18)33-14-19(17(3)31-33)13-32-9-6-24(7-10-32)22-20(11-21(26)35-22)25(27,28)15-34-24/h4-5,8,11,16,19,30H,6-7,9-10,12-15H2,1-3H3. The van der Waals surface area contributed by atoms with Crippen LogP contribution in [0.5, 0.6) is 0 Å². The molecule has 3 aliphatic heterocycles. The molecule has 0 aromatic carbocycles. The van der Waals surface area contributed by atoms with Crippen LogP contribution in [0, 0.1) is 5.92 Å². The molecule has 1 fully saturated rings. The van der Waals surface area contributed by atoms with Crippen LogP contribution in [0.15, 0.2) is 29.5 Å². The van der Waals surface area contributed by atoms with Gasteiger partial charge in [0.2, 0.25) is 0 Å². The van der Waals surface area contributed by atoms with E-state index in [1.54, 1.807) is 0 Å². The number of hydrazone groups is 1. The second kappa shape index (κ2) is 9.67. The predicted molar refractivity (Wildman–Crippen MR) is 137 cm³/mol. The van der Waals surface area contributed by atoms with E-state index in [0.717, 1.165) is 49.8 Å². The minimum atomic E-state index is -2.97. The molecule has 10 heteroatoms. The lowest BCUT2D eigenvalue weighted by molar-refractivity contribution is -0.181. The Hall–Kier alpha value is -1.65. The molecule has 1 N–H and O–H groups in total. The number of rotatable bonds is 6. The van der Waals surface area contributed by atoms with Gasteiger partial charge in [-0.2, -0.15) is 13.9 Å². The molecule has 5 rings (SSSR count). The predicted octanol–water partition coefficient (Wildman–Crippen LogP) is 5.22. The minimum absolute atomic E-state index is 0.0553. The first kappa shape index (κ1) is 25.0. The van der Waals surface area contributed by atoms with Gasteiger partial charge in [-0.3, -0.25) is 0 Å². The Labute approximate surface area is 214 Å². The molecule has 2 aromatic rings. The van der Waals surface area contributed by atoms with Gasteiger partial charge in [0, 0.05) is 66.1 Å². The van der Waals surface area contributed by atoms with Crippen LogP contribution < -0.4 is 10.3 Å². The molecule has 2 aromatic heterocycles. The Morgan fingerprint density at radius 1 is 1.31 bits per heavy atom. The van der Waals surface area contributed by atoms with Gasteiger partial charge >= 0.3 is 0 Å². The molecule has 35 heavy (non-hydrogen) atoms. The SMILES string of the molecule is CC1=NN(c2ncccc2CNC(C)C)CC1CN1CCC2(CC1)OCC(F)(F)c1cc(Cl)sc12. The van der Waals surface area contributed by atoms with Crippen LogP contribution in [0.1, 0.15) is 49.6 Å².